The molecule has 0 amide bonds. The summed E-state index contributed by atoms with van der Waals surface area (Å²) in [5.74, 6) is 1.98. The van der Waals surface area contributed by atoms with E-state index >= 15 is 0 Å². The van der Waals surface area contributed by atoms with Gasteiger partial charge >= 0.3 is 0 Å². The lowest BCUT2D eigenvalue weighted by Crippen LogP contribution is -1.93. The second kappa shape index (κ2) is 6.30. The quantitative estimate of drug-likeness (QED) is 0.572. The van der Waals surface area contributed by atoms with Crippen LogP contribution in [0.25, 0.3) is 0 Å². The van der Waals surface area contributed by atoms with Gasteiger partial charge in [-0.2, -0.15) is 0 Å². The molecule has 0 aliphatic carbocycles. The maximum absolute atomic E-state index is 5.49. The van der Waals surface area contributed by atoms with E-state index in [1.54, 1.807) is 20.4 Å². The van der Waals surface area contributed by atoms with E-state index in [9.17, 15) is 0 Å². The lowest BCUT2D eigenvalue weighted by atomic mass is 10.2. The van der Waals surface area contributed by atoms with Crippen LogP contribution in [0.4, 0.5) is 0 Å². The van der Waals surface area contributed by atoms with Crippen LogP contribution in [0.5, 0.6) is 11.5 Å². The minimum absolute atomic E-state index is 0.429. The Bertz CT molecular complexity index is 339. The first-order valence-corrected chi connectivity index (χ1v) is 5.10. The summed E-state index contributed by atoms with van der Waals surface area (Å²) >= 11 is 5.49. The second-order valence-corrected chi connectivity index (χ2v) is 3.16. The molecule has 0 heterocycles. The predicted molar refractivity (Wildman–Crippen MR) is 62.5 cm³/mol. The molecule has 0 saturated heterocycles. The first-order chi connectivity index (χ1) is 7.31. The lowest BCUT2D eigenvalue weighted by molar-refractivity contribution is 0.391. The number of aliphatic imine (C=N–C) groups is 1. The molecule has 1 rings (SSSR count). The van der Waals surface area contributed by atoms with E-state index in [0.29, 0.717) is 12.4 Å². The van der Waals surface area contributed by atoms with Crippen molar-refractivity contribution in [2.75, 3.05) is 20.1 Å². The molecular weight excluding hydrogens is 214 g/mol. The van der Waals surface area contributed by atoms with Gasteiger partial charge in [-0.05, 0) is 12.1 Å². The van der Waals surface area contributed by atoms with Crippen LogP contribution < -0.4 is 9.47 Å². The third-order valence-electron chi connectivity index (χ3n) is 1.95. The summed E-state index contributed by atoms with van der Waals surface area (Å²) in [6, 6.07) is 5.66. The molecule has 4 heteroatoms. The minimum Gasteiger partial charge on any atom is -0.497 e. The van der Waals surface area contributed by atoms with E-state index in [1.807, 2.05) is 18.2 Å². The summed E-state index contributed by atoms with van der Waals surface area (Å²) in [4.78, 5) is 4.15. The number of benzene rings is 1. The molecule has 0 fully saturated rings. The smallest absolute Gasteiger partial charge is 0.127 e. The summed E-state index contributed by atoms with van der Waals surface area (Å²) in [7, 11) is 3.25. The molecule has 1 aromatic carbocycles. The van der Waals surface area contributed by atoms with Gasteiger partial charge < -0.3 is 9.47 Å². The van der Waals surface area contributed by atoms with Crippen molar-refractivity contribution in [1.82, 2.24) is 0 Å². The highest BCUT2D eigenvalue weighted by atomic mass is 35.5. The van der Waals surface area contributed by atoms with Crippen LogP contribution in [0.15, 0.2) is 23.2 Å². The van der Waals surface area contributed by atoms with Gasteiger partial charge in [0.15, 0.2) is 0 Å². The predicted octanol–water partition coefficient (Wildman–Crippen LogP) is 2.51. The number of hydrogen-bond acceptors (Lipinski definition) is 3. The summed E-state index contributed by atoms with van der Waals surface area (Å²) in [5, 5.41) is 0. The molecule has 3 nitrogen and oxygen atoms in total. The first-order valence-electron chi connectivity index (χ1n) is 4.57. The number of rotatable bonds is 5. The van der Waals surface area contributed by atoms with Gasteiger partial charge in [-0.25, -0.2) is 0 Å². The highest BCUT2D eigenvalue weighted by Gasteiger charge is 2.03. The standard InChI is InChI=1S/C11H14ClNO2/c1-14-10-4-3-9(8-13-6-5-12)11(7-10)15-2/h3-4,6-7H,5,8H2,1-2H3. The third kappa shape index (κ3) is 3.44. The molecule has 0 N–H and O–H groups in total. The Kier molecular flexibility index (Phi) is 4.98. The van der Waals surface area contributed by atoms with E-state index in [4.69, 9.17) is 21.1 Å². The summed E-state index contributed by atoms with van der Waals surface area (Å²) in [5.41, 5.74) is 1.01. The van der Waals surface area contributed by atoms with E-state index in [0.717, 1.165) is 17.1 Å². The van der Waals surface area contributed by atoms with Crippen molar-refractivity contribution in [2.24, 2.45) is 4.99 Å². The molecule has 15 heavy (non-hydrogen) atoms. The van der Waals surface area contributed by atoms with Crippen molar-refractivity contribution in [1.29, 1.82) is 0 Å². The van der Waals surface area contributed by atoms with Crippen molar-refractivity contribution >= 4 is 17.8 Å². The molecule has 1 aromatic rings. The molecule has 0 atom stereocenters. The van der Waals surface area contributed by atoms with Gasteiger partial charge in [0, 0.05) is 17.8 Å². The molecule has 0 unspecified atom stereocenters. The van der Waals surface area contributed by atoms with E-state index in [-0.39, 0.29) is 0 Å². The van der Waals surface area contributed by atoms with Crippen LogP contribution in [0.1, 0.15) is 5.56 Å². The summed E-state index contributed by atoms with van der Waals surface area (Å²) in [6.07, 6.45) is 1.67. The van der Waals surface area contributed by atoms with Crippen molar-refractivity contribution in [3.05, 3.63) is 23.8 Å². The van der Waals surface area contributed by atoms with Crippen molar-refractivity contribution in [2.45, 2.75) is 6.54 Å². The van der Waals surface area contributed by atoms with E-state index in [2.05, 4.69) is 4.99 Å². The molecular formula is C11H14ClNO2. The van der Waals surface area contributed by atoms with E-state index < -0.39 is 0 Å². The lowest BCUT2D eigenvalue weighted by Gasteiger charge is -2.08. The second-order valence-electron chi connectivity index (χ2n) is 2.86. The maximum atomic E-state index is 5.49. The van der Waals surface area contributed by atoms with Gasteiger partial charge in [0.2, 0.25) is 0 Å². The van der Waals surface area contributed by atoms with Crippen LogP contribution in [-0.2, 0) is 6.54 Å². The maximum Gasteiger partial charge on any atom is 0.127 e. The van der Waals surface area contributed by atoms with Gasteiger partial charge in [-0.1, -0.05) is 0 Å². The van der Waals surface area contributed by atoms with Crippen molar-refractivity contribution < 1.29 is 9.47 Å². The monoisotopic (exact) mass is 227 g/mol. The van der Waals surface area contributed by atoms with E-state index in [1.165, 1.54) is 0 Å². The largest absolute Gasteiger partial charge is 0.497 e. The average molecular weight is 228 g/mol. The molecule has 0 aliphatic rings. The molecule has 0 bridgehead atoms. The molecule has 0 saturated carbocycles. The van der Waals surface area contributed by atoms with Crippen LogP contribution in [0.3, 0.4) is 0 Å². The van der Waals surface area contributed by atoms with Gasteiger partial charge in [0.05, 0.1) is 26.6 Å². The molecule has 0 aliphatic heterocycles. The Morgan fingerprint density at radius 3 is 2.73 bits per heavy atom. The van der Waals surface area contributed by atoms with Crippen LogP contribution in [-0.4, -0.2) is 26.3 Å². The van der Waals surface area contributed by atoms with Gasteiger partial charge in [-0.3, -0.25) is 4.99 Å². The topological polar surface area (TPSA) is 30.8 Å². The average Bonchev–Trinajstić information content (AvgIpc) is 2.29. The molecule has 0 spiro atoms. The highest BCUT2D eigenvalue weighted by Crippen LogP contribution is 2.24. The summed E-state index contributed by atoms with van der Waals surface area (Å²) < 4.78 is 10.3. The zero-order chi connectivity index (χ0) is 11.1. The van der Waals surface area contributed by atoms with Crippen LogP contribution >= 0.6 is 11.6 Å². The molecule has 82 valence electrons. The normalized spacial score (nSPS) is 10.6. The zero-order valence-corrected chi connectivity index (χ0v) is 9.62. The summed E-state index contributed by atoms with van der Waals surface area (Å²) in [6.45, 7) is 0.569. The fourth-order valence-electron chi connectivity index (χ4n) is 1.19. The zero-order valence-electron chi connectivity index (χ0n) is 8.87. The van der Waals surface area contributed by atoms with Crippen LogP contribution in [0, 0.1) is 0 Å². The Hall–Kier alpha value is -1.22. The third-order valence-corrected chi connectivity index (χ3v) is 2.09. The SMILES string of the molecule is COc1ccc(CN=CCCl)c(OC)c1. The van der Waals surface area contributed by atoms with Gasteiger partial charge in [0.1, 0.15) is 11.5 Å². The number of hydrogen-bond donors (Lipinski definition) is 0. The number of alkyl halides is 1. The Balaban J connectivity index is 2.82. The number of nitrogens with zero attached hydrogens (tertiary/aromatic N) is 1. The van der Waals surface area contributed by atoms with Crippen LogP contribution in [0.2, 0.25) is 0 Å². The Labute approximate surface area is 94.7 Å². The highest BCUT2D eigenvalue weighted by molar-refractivity contribution is 6.24. The van der Waals surface area contributed by atoms with Gasteiger partial charge in [0.25, 0.3) is 0 Å². The Morgan fingerprint density at radius 2 is 2.13 bits per heavy atom. The number of ether oxygens (including phenoxy) is 2. The fraction of sp³-hybridized carbons (Fsp3) is 0.364. The minimum atomic E-state index is 0.429. The van der Waals surface area contributed by atoms with Crippen molar-refractivity contribution in [3.63, 3.8) is 0 Å². The Morgan fingerprint density at radius 1 is 1.33 bits per heavy atom. The number of halogens is 1. The molecule has 0 aromatic heterocycles. The fourth-order valence-corrected chi connectivity index (χ4v) is 1.29. The molecule has 0 radical (unpaired) electrons. The first kappa shape index (κ1) is 11.9. The van der Waals surface area contributed by atoms with Crippen molar-refractivity contribution in [3.8, 4) is 11.5 Å². The number of methoxy groups -OCH3 is 2. The van der Waals surface area contributed by atoms with Gasteiger partial charge in [-0.15, -0.1) is 11.6 Å².